The SMILES string of the molecule is Cn1nccc1C(=O)N/N=C/c1ccc(F)cc1. The summed E-state index contributed by atoms with van der Waals surface area (Å²) in [6.07, 6.45) is 2.96. The number of amides is 1. The lowest BCUT2D eigenvalue weighted by Crippen LogP contribution is -2.20. The van der Waals surface area contributed by atoms with Gasteiger partial charge in [-0.2, -0.15) is 10.2 Å². The van der Waals surface area contributed by atoms with Gasteiger partial charge < -0.3 is 0 Å². The quantitative estimate of drug-likeness (QED) is 0.656. The molecule has 92 valence electrons. The molecule has 2 rings (SSSR count). The molecule has 0 aliphatic carbocycles. The van der Waals surface area contributed by atoms with Gasteiger partial charge in [-0.1, -0.05) is 12.1 Å². The van der Waals surface area contributed by atoms with Crippen molar-refractivity contribution in [3.8, 4) is 0 Å². The Balaban J connectivity index is 1.98. The van der Waals surface area contributed by atoms with Crippen molar-refractivity contribution in [2.45, 2.75) is 0 Å². The molecule has 0 atom stereocenters. The maximum atomic E-state index is 12.6. The Bertz CT molecular complexity index is 574. The second-order valence-corrected chi connectivity index (χ2v) is 3.59. The number of rotatable bonds is 3. The van der Waals surface area contributed by atoms with Crippen LogP contribution in [0, 0.1) is 5.82 Å². The number of aromatic nitrogens is 2. The number of aryl methyl sites for hydroxylation is 1. The van der Waals surface area contributed by atoms with Gasteiger partial charge in [-0.15, -0.1) is 0 Å². The largest absolute Gasteiger partial charge is 0.289 e. The molecule has 0 aliphatic rings. The van der Waals surface area contributed by atoms with E-state index in [1.165, 1.54) is 29.2 Å². The fraction of sp³-hybridized carbons (Fsp3) is 0.0833. The second-order valence-electron chi connectivity index (χ2n) is 3.59. The molecule has 0 fully saturated rings. The molecule has 0 saturated heterocycles. The lowest BCUT2D eigenvalue weighted by Gasteiger charge is -1.99. The highest BCUT2D eigenvalue weighted by Crippen LogP contribution is 2.00. The van der Waals surface area contributed by atoms with E-state index in [1.54, 1.807) is 25.2 Å². The van der Waals surface area contributed by atoms with Crippen LogP contribution in [0.3, 0.4) is 0 Å². The first-order chi connectivity index (χ1) is 8.66. The zero-order valence-corrected chi connectivity index (χ0v) is 9.67. The Morgan fingerprint density at radius 3 is 2.72 bits per heavy atom. The number of nitrogens with zero attached hydrogens (tertiary/aromatic N) is 3. The Kier molecular flexibility index (Phi) is 3.47. The molecule has 1 N–H and O–H groups in total. The van der Waals surface area contributed by atoms with Crippen LogP contribution in [-0.2, 0) is 7.05 Å². The summed E-state index contributed by atoms with van der Waals surface area (Å²) in [5, 5.41) is 7.66. The Hall–Kier alpha value is -2.50. The second kappa shape index (κ2) is 5.22. The van der Waals surface area contributed by atoms with Crippen LogP contribution in [0.2, 0.25) is 0 Å². The van der Waals surface area contributed by atoms with Gasteiger partial charge in [0, 0.05) is 13.2 Å². The number of hydrazone groups is 1. The Morgan fingerprint density at radius 1 is 1.39 bits per heavy atom. The van der Waals surface area contributed by atoms with Crippen LogP contribution in [0.25, 0.3) is 0 Å². The van der Waals surface area contributed by atoms with E-state index in [4.69, 9.17) is 0 Å². The lowest BCUT2D eigenvalue weighted by atomic mass is 10.2. The average Bonchev–Trinajstić information content (AvgIpc) is 2.78. The predicted molar refractivity (Wildman–Crippen MR) is 64.7 cm³/mol. The summed E-state index contributed by atoms with van der Waals surface area (Å²) in [4.78, 5) is 11.6. The monoisotopic (exact) mass is 246 g/mol. The fourth-order valence-corrected chi connectivity index (χ4v) is 1.37. The molecular formula is C12H11FN4O. The third-order valence-electron chi connectivity index (χ3n) is 2.30. The summed E-state index contributed by atoms with van der Waals surface area (Å²) < 4.78 is 14.1. The number of halogens is 1. The van der Waals surface area contributed by atoms with Gasteiger partial charge in [0.25, 0.3) is 5.91 Å². The van der Waals surface area contributed by atoms with Crippen LogP contribution in [0.5, 0.6) is 0 Å². The molecule has 0 saturated carbocycles. The van der Waals surface area contributed by atoms with Crippen molar-refractivity contribution < 1.29 is 9.18 Å². The van der Waals surface area contributed by atoms with Crippen molar-refractivity contribution in [1.82, 2.24) is 15.2 Å². The molecule has 1 heterocycles. The maximum Gasteiger partial charge on any atom is 0.289 e. The number of hydrogen-bond acceptors (Lipinski definition) is 3. The number of benzene rings is 1. The highest BCUT2D eigenvalue weighted by molar-refractivity contribution is 5.93. The summed E-state index contributed by atoms with van der Waals surface area (Å²) in [7, 11) is 1.67. The van der Waals surface area contributed by atoms with Crippen LogP contribution in [0.15, 0.2) is 41.6 Å². The molecule has 2 aromatic rings. The molecular weight excluding hydrogens is 235 g/mol. The third kappa shape index (κ3) is 2.79. The first-order valence-electron chi connectivity index (χ1n) is 5.24. The molecule has 18 heavy (non-hydrogen) atoms. The first-order valence-corrected chi connectivity index (χ1v) is 5.24. The van der Waals surface area contributed by atoms with E-state index in [-0.39, 0.29) is 11.7 Å². The summed E-state index contributed by atoms with van der Waals surface area (Å²) in [5.74, 6) is -0.667. The van der Waals surface area contributed by atoms with Crippen molar-refractivity contribution in [2.24, 2.45) is 12.1 Å². The summed E-state index contributed by atoms with van der Waals surface area (Å²) in [6.45, 7) is 0. The minimum Gasteiger partial charge on any atom is -0.266 e. The van der Waals surface area contributed by atoms with Crippen molar-refractivity contribution in [3.05, 3.63) is 53.6 Å². The van der Waals surface area contributed by atoms with E-state index in [0.717, 1.165) is 0 Å². The molecule has 0 aliphatic heterocycles. The molecule has 5 nitrogen and oxygen atoms in total. The van der Waals surface area contributed by atoms with Crippen LogP contribution >= 0.6 is 0 Å². The number of nitrogens with one attached hydrogen (secondary N) is 1. The highest BCUT2D eigenvalue weighted by Gasteiger charge is 2.07. The highest BCUT2D eigenvalue weighted by atomic mass is 19.1. The zero-order chi connectivity index (χ0) is 13.0. The van der Waals surface area contributed by atoms with Crippen LogP contribution in [-0.4, -0.2) is 21.9 Å². The molecule has 1 amide bonds. The van der Waals surface area contributed by atoms with Crippen LogP contribution < -0.4 is 5.43 Å². The maximum absolute atomic E-state index is 12.6. The fourth-order valence-electron chi connectivity index (χ4n) is 1.37. The summed E-state index contributed by atoms with van der Waals surface area (Å²) in [5.41, 5.74) is 3.47. The van der Waals surface area contributed by atoms with Crippen LogP contribution in [0.1, 0.15) is 16.1 Å². The van der Waals surface area contributed by atoms with E-state index in [9.17, 15) is 9.18 Å². The Labute approximate surface area is 103 Å². The molecule has 1 aromatic carbocycles. The molecule has 0 radical (unpaired) electrons. The standard InChI is InChI=1S/C12H11FN4O/c1-17-11(6-7-15-17)12(18)16-14-8-9-2-4-10(13)5-3-9/h2-8H,1H3,(H,16,18)/b14-8+. The van der Waals surface area contributed by atoms with E-state index >= 15 is 0 Å². The van der Waals surface area contributed by atoms with Crippen molar-refractivity contribution in [3.63, 3.8) is 0 Å². The van der Waals surface area contributed by atoms with E-state index < -0.39 is 0 Å². The van der Waals surface area contributed by atoms with Crippen molar-refractivity contribution in [1.29, 1.82) is 0 Å². The number of hydrogen-bond donors (Lipinski definition) is 1. The van der Waals surface area contributed by atoms with Gasteiger partial charge in [-0.25, -0.2) is 9.82 Å². The van der Waals surface area contributed by atoms with Crippen LogP contribution in [0.4, 0.5) is 4.39 Å². The topological polar surface area (TPSA) is 59.3 Å². The molecule has 0 bridgehead atoms. The summed E-state index contributed by atoms with van der Waals surface area (Å²) in [6, 6.07) is 7.36. The van der Waals surface area contributed by atoms with Gasteiger partial charge in [0.05, 0.1) is 6.21 Å². The molecule has 0 spiro atoms. The first kappa shape index (κ1) is 12.0. The lowest BCUT2D eigenvalue weighted by molar-refractivity contribution is 0.0945. The van der Waals surface area contributed by atoms with E-state index in [2.05, 4.69) is 15.6 Å². The zero-order valence-electron chi connectivity index (χ0n) is 9.67. The predicted octanol–water partition coefficient (Wildman–Crippen LogP) is 1.32. The van der Waals surface area contributed by atoms with Gasteiger partial charge in [0.2, 0.25) is 0 Å². The molecule has 0 unspecified atom stereocenters. The summed E-state index contributed by atoms with van der Waals surface area (Å²) >= 11 is 0. The Morgan fingerprint density at radius 2 is 2.11 bits per heavy atom. The van der Waals surface area contributed by atoms with Crippen molar-refractivity contribution >= 4 is 12.1 Å². The molecule has 6 heteroatoms. The minimum atomic E-state index is -0.353. The van der Waals surface area contributed by atoms with E-state index in [0.29, 0.717) is 11.3 Å². The third-order valence-corrected chi connectivity index (χ3v) is 2.30. The van der Waals surface area contributed by atoms with Gasteiger partial charge in [0.1, 0.15) is 11.5 Å². The smallest absolute Gasteiger partial charge is 0.266 e. The van der Waals surface area contributed by atoms with Gasteiger partial charge >= 0.3 is 0 Å². The number of carbonyl (C=O) groups is 1. The molecule has 1 aromatic heterocycles. The van der Waals surface area contributed by atoms with Crippen molar-refractivity contribution in [2.75, 3.05) is 0 Å². The number of carbonyl (C=O) groups excluding carboxylic acids is 1. The van der Waals surface area contributed by atoms with Gasteiger partial charge in [0.15, 0.2) is 0 Å². The van der Waals surface area contributed by atoms with Gasteiger partial charge in [-0.05, 0) is 23.8 Å². The van der Waals surface area contributed by atoms with E-state index in [1.807, 2.05) is 0 Å². The minimum absolute atomic E-state index is 0.314. The normalized spacial score (nSPS) is 10.8. The average molecular weight is 246 g/mol. The van der Waals surface area contributed by atoms with Gasteiger partial charge in [-0.3, -0.25) is 9.48 Å².